The third-order valence-corrected chi connectivity index (χ3v) is 3.69. The van der Waals surface area contributed by atoms with E-state index in [4.69, 9.17) is 4.74 Å². The molecule has 0 aromatic heterocycles. The summed E-state index contributed by atoms with van der Waals surface area (Å²) in [4.78, 5) is 21.1. The van der Waals surface area contributed by atoms with E-state index in [9.17, 15) is 9.59 Å². The molecule has 3 heteroatoms. The SMILES string of the molecule is CCCCCCCCCCCCCCOC(=O)CC[C]=O. The van der Waals surface area contributed by atoms with Gasteiger partial charge in [-0.25, -0.2) is 0 Å². The predicted octanol–water partition coefficient (Wildman–Crippen LogP) is 5.12. The Balaban J connectivity index is 3.05. The largest absolute Gasteiger partial charge is 0.466 e. The highest BCUT2D eigenvalue weighted by Gasteiger charge is 2.01. The third-order valence-electron chi connectivity index (χ3n) is 3.69. The molecule has 0 heterocycles. The molecule has 0 aromatic rings. The molecule has 0 rings (SSSR count). The fourth-order valence-electron chi connectivity index (χ4n) is 2.35. The van der Waals surface area contributed by atoms with E-state index in [2.05, 4.69) is 6.92 Å². The van der Waals surface area contributed by atoms with E-state index in [1.54, 1.807) is 6.29 Å². The summed E-state index contributed by atoms with van der Waals surface area (Å²) < 4.78 is 5.02. The monoisotopic (exact) mass is 297 g/mol. The van der Waals surface area contributed by atoms with E-state index in [1.165, 1.54) is 64.2 Å². The van der Waals surface area contributed by atoms with Gasteiger partial charge < -0.3 is 4.74 Å². The van der Waals surface area contributed by atoms with Crippen LogP contribution >= 0.6 is 0 Å². The molecule has 0 bridgehead atoms. The summed E-state index contributed by atoms with van der Waals surface area (Å²) in [6.45, 7) is 2.75. The first-order chi connectivity index (χ1) is 10.3. The van der Waals surface area contributed by atoms with E-state index in [-0.39, 0.29) is 18.8 Å². The molecule has 0 aliphatic rings. The lowest BCUT2D eigenvalue weighted by Gasteiger charge is -2.04. The molecule has 0 amide bonds. The topological polar surface area (TPSA) is 43.4 Å². The number of hydrogen-bond donors (Lipinski definition) is 0. The van der Waals surface area contributed by atoms with E-state index in [1.807, 2.05) is 0 Å². The molecule has 0 atom stereocenters. The summed E-state index contributed by atoms with van der Waals surface area (Å²) in [5, 5.41) is 0. The maximum Gasteiger partial charge on any atom is 0.306 e. The molecule has 0 aromatic carbocycles. The van der Waals surface area contributed by atoms with Gasteiger partial charge in [0, 0.05) is 6.42 Å². The summed E-state index contributed by atoms with van der Waals surface area (Å²) in [6.07, 6.45) is 17.6. The smallest absolute Gasteiger partial charge is 0.306 e. The summed E-state index contributed by atoms with van der Waals surface area (Å²) in [6, 6.07) is 0. The first kappa shape index (κ1) is 20.1. The lowest BCUT2D eigenvalue weighted by molar-refractivity contribution is -0.143. The number of carbonyl (C=O) groups excluding carboxylic acids is 2. The van der Waals surface area contributed by atoms with Crippen molar-refractivity contribution in [2.75, 3.05) is 6.61 Å². The van der Waals surface area contributed by atoms with Crippen LogP contribution in [0.1, 0.15) is 96.8 Å². The van der Waals surface area contributed by atoms with Gasteiger partial charge in [-0.3, -0.25) is 9.59 Å². The second-order valence-electron chi connectivity index (χ2n) is 5.75. The van der Waals surface area contributed by atoms with Crippen molar-refractivity contribution in [1.29, 1.82) is 0 Å². The minimum absolute atomic E-state index is 0.150. The fraction of sp³-hybridized carbons (Fsp3) is 0.889. The predicted molar refractivity (Wildman–Crippen MR) is 87.0 cm³/mol. The Labute approximate surface area is 130 Å². The van der Waals surface area contributed by atoms with Gasteiger partial charge in [-0.1, -0.05) is 77.6 Å². The Hall–Kier alpha value is -0.860. The summed E-state index contributed by atoms with van der Waals surface area (Å²) in [5.74, 6) is -0.276. The van der Waals surface area contributed by atoms with Crippen LogP contribution in [0.5, 0.6) is 0 Å². The molecule has 0 aliphatic heterocycles. The summed E-state index contributed by atoms with van der Waals surface area (Å²) in [7, 11) is 0. The lowest BCUT2D eigenvalue weighted by atomic mass is 10.1. The zero-order valence-corrected chi connectivity index (χ0v) is 13.8. The lowest BCUT2D eigenvalue weighted by Crippen LogP contribution is -2.05. The van der Waals surface area contributed by atoms with Crippen LogP contribution < -0.4 is 0 Å². The van der Waals surface area contributed by atoms with Crippen molar-refractivity contribution in [3.05, 3.63) is 0 Å². The average Bonchev–Trinajstić information content (AvgIpc) is 2.49. The maximum absolute atomic E-state index is 11.1. The molecule has 0 aliphatic carbocycles. The number of unbranched alkanes of at least 4 members (excludes halogenated alkanes) is 11. The first-order valence-corrected chi connectivity index (χ1v) is 8.82. The van der Waals surface area contributed by atoms with Crippen molar-refractivity contribution in [1.82, 2.24) is 0 Å². The van der Waals surface area contributed by atoms with Crippen molar-refractivity contribution in [3.63, 3.8) is 0 Å². The highest BCUT2D eigenvalue weighted by atomic mass is 16.5. The number of hydrogen-bond acceptors (Lipinski definition) is 3. The van der Waals surface area contributed by atoms with Crippen LogP contribution in [0.4, 0.5) is 0 Å². The average molecular weight is 297 g/mol. The first-order valence-electron chi connectivity index (χ1n) is 8.82. The van der Waals surface area contributed by atoms with Gasteiger partial charge in [0.25, 0.3) is 0 Å². The standard InChI is InChI=1S/C18H33O3/c1-2-3-4-5-6-7-8-9-10-11-12-13-17-21-18(20)15-14-16-19/h2-15,17H2,1H3. The van der Waals surface area contributed by atoms with Crippen LogP contribution in [0.2, 0.25) is 0 Å². The molecule has 0 unspecified atom stereocenters. The Morgan fingerprint density at radius 1 is 0.810 bits per heavy atom. The van der Waals surface area contributed by atoms with Gasteiger partial charge in [0.15, 0.2) is 6.29 Å². The van der Waals surface area contributed by atoms with Crippen molar-refractivity contribution in [2.24, 2.45) is 0 Å². The van der Waals surface area contributed by atoms with E-state index in [0.29, 0.717) is 6.61 Å². The van der Waals surface area contributed by atoms with Crippen LogP contribution in [0.25, 0.3) is 0 Å². The van der Waals surface area contributed by atoms with Gasteiger partial charge in [-0.05, 0) is 6.42 Å². The minimum atomic E-state index is -0.276. The molecule has 0 N–H and O–H groups in total. The quantitative estimate of drug-likeness (QED) is 0.293. The molecule has 3 nitrogen and oxygen atoms in total. The molecule has 21 heavy (non-hydrogen) atoms. The van der Waals surface area contributed by atoms with Crippen molar-refractivity contribution < 1.29 is 14.3 Å². The highest BCUT2D eigenvalue weighted by molar-refractivity contribution is 5.72. The zero-order valence-electron chi connectivity index (χ0n) is 13.8. The van der Waals surface area contributed by atoms with Crippen molar-refractivity contribution in [2.45, 2.75) is 96.8 Å². The molecular formula is C18H33O3. The van der Waals surface area contributed by atoms with E-state index >= 15 is 0 Å². The van der Waals surface area contributed by atoms with E-state index < -0.39 is 0 Å². The second kappa shape index (κ2) is 17.2. The molecule has 123 valence electrons. The maximum atomic E-state index is 11.1. The number of carbonyl (C=O) groups is 1. The van der Waals surface area contributed by atoms with Gasteiger partial charge >= 0.3 is 5.97 Å². The summed E-state index contributed by atoms with van der Waals surface area (Å²) in [5.41, 5.74) is 0. The zero-order chi connectivity index (χ0) is 15.6. The van der Waals surface area contributed by atoms with Crippen LogP contribution in [-0.4, -0.2) is 18.9 Å². The van der Waals surface area contributed by atoms with Crippen molar-refractivity contribution in [3.8, 4) is 0 Å². The normalized spacial score (nSPS) is 10.5. The fourth-order valence-corrected chi connectivity index (χ4v) is 2.35. The van der Waals surface area contributed by atoms with Crippen LogP contribution in [0.3, 0.4) is 0 Å². The number of esters is 1. The third kappa shape index (κ3) is 17.1. The number of ether oxygens (including phenoxy) is 1. The number of rotatable bonds is 16. The van der Waals surface area contributed by atoms with Gasteiger partial charge in [-0.2, -0.15) is 0 Å². The van der Waals surface area contributed by atoms with Crippen molar-refractivity contribution >= 4 is 12.3 Å². The van der Waals surface area contributed by atoms with Gasteiger partial charge in [0.1, 0.15) is 0 Å². The van der Waals surface area contributed by atoms with Crippen LogP contribution in [0.15, 0.2) is 0 Å². The minimum Gasteiger partial charge on any atom is -0.466 e. The Bertz CT molecular complexity index is 239. The Morgan fingerprint density at radius 3 is 1.76 bits per heavy atom. The van der Waals surface area contributed by atoms with E-state index in [0.717, 1.165) is 12.8 Å². The van der Waals surface area contributed by atoms with Gasteiger partial charge in [-0.15, -0.1) is 0 Å². The molecule has 0 spiro atoms. The molecular weight excluding hydrogens is 264 g/mol. The molecule has 0 saturated carbocycles. The highest BCUT2D eigenvalue weighted by Crippen LogP contribution is 2.11. The van der Waals surface area contributed by atoms with Gasteiger partial charge in [0.05, 0.1) is 13.0 Å². The molecule has 0 saturated heterocycles. The van der Waals surface area contributed by atoms with Crippen LogP contribution in [-0.2, 0) is 14.3 Å². The van der Waals surface area contributed by atoms with Crippen LogP contribution in [0, 0.1) is 0 Å². The Morgan fingerprint density at radius 2 is 1.29 bits per heavy atom. The second-order valence-corrected chi connectivity index (χ2v) is 5.75. The Kier molecular flexibility index (Phi) is 16.5. The van der Waals surface area contributed by atoms with Gasteiger partial charge in [0.2, 0.25) is 0 Å². The molecule has 0 fully saturated rings. The molecule has 1 radical (unpaired) electrons. The summed E-state index contributed by atoms with van der Waals surface area (Å²) >= 11 is 0.